The van der Waals surface area contributed by atoms with Crippen LogP contribution in [0.1, 0.15) is 43.7 Å². The number of carboxylic acid groups (broad SMARTS) is 1. The van der Waals surface area contributed by atoms with Gasteiger partial charge in [-0.15, -0.1) is 0 Å². The average molecular weight is 535 g/mol. The number of carbonyl (C=O) groups is 1. The SMILES string of the molecule is CC(C)(C[C@@H]1N[C@@H](C(=O)O)[C@H](c2cccc(Cl)c2F)[C@@]1(C#N)c1ccc(Cl)cc1F)C1=CCOCC1. The standard InChI is InChI=1S/C27H26Cl2F2N2O3/c1-26(2,15-8-10-36-11-9-15)13-21-27(14-32,18-7-6-16(28)12-20(18)30)22(24(33-21)25(34)35)17-4-3-5-19(29)23(17)31/h3-8,12,21-22,24,33H,9-11,13H2,1-2H3,(H,34,35)/t21-,22-,24+,27-/m0/s1. The van der Waals surface area contributed by atoms with Crippen LogP contribution >= 0.6 is 23.2 Å². The molecular formula is C27H26Cl2F2N2O3. The first-order chi connectivity index (χ1) is 17.0. The molecule has 0 aromatic heterocycles. The van der Waals surface area contributed by atoms with Crippen LogP contribution in [-0.4, -0.2) is 36.4 Å². The highest BCUT2D eigenvalue weighted by atomic mass is 35.5. The molecule has 36 heavy (non-hydrogen) atoms. The van der Waals surface area contributed by atoms with Crippen LogP contribution in [0.5, 0.6) is 0 Å². The largest absolute Gasteiger partial charge is 0.480 e. The number of benzene rings is 2. The van der Waals surface area contributed by atoms with Crippen molar-refractivity contribution in [3.05, 3.63) is 80.9 Å². The van der Waals surface area contributed by atoms with Gasteiger partial charge >= 0.3 is 5.97 Å². The molecule has 2 aromatic rings. The molecule has 4 atom stereocenters. The molecule has 0 bridgehead atoms. The normalized spacial score (nSPS) is 26.4. The molecule has 2 aromatic carbocycles. The van der Waals surface area contributed by atoms with Crippen LogP contribution in [0.25, 0.3) is 0 Å². The minimum atomic E-state index is -1.79. The summed E-state index contributed by atoms with van der Waals surface area (Å²) in [6, 6.07) is 8.17. The summed E-state index contributed by atoms with van der Waals surface area (Å²) in [5.41, 5.74) is -1.28. The second-order valence-electron chi connectivity index (χ2n) is 9.90. The third-order valence-electron chi connectivity index (χ3n) is 7.45. The average Bonchev–Trinajstić information content (AvgIpc) is 3.15. The van der Waals surface area contributed by atoms with Gasteiger partial charge in [0.1, 0.15) is 23.1 Å². The molecule has 4 rings (SSSR count). The van der Waals surface area contributed by atoms with E-state index in [4.69, 9.17) is 27.9 Å². The van der Waals surface area contributed by atoms with E-state index in [9.17, 15) is 15.2 Å². The number of carboxylic acids is 1. The minimum Gasteiger partial charge on any atom is -0.480 e. The van der Waals surface area contributed by atoms with Crippen LogP contribution in [0.4, 0.5) is 8.78 Å². The van der Waals surface area contributed by atoms with Crippen molar-refractivity contribution in [2.45, 2.75) is 50.1 Å². The maximum absolute atomic E-state index is 15.5. The molecule has 1 fully saturated rings. The zero-order valence-corrected chi connectivity index (χ0v) is 21.3. The third kappa shape index (κ3) is 4.52. The van der Waals surface area contributed by atoms with Gasteiger partial charge in [0.25, 0.3) is 0 Å². The lowest BCUT2D eigenvalue weighted by atomic mass is 9.61. The number of nitrogens with one attached hydrogen (secondary N) is 1. The van der Waals surface area contributed by atoms with Crippen LogP contribution in [0.15, 0.2) is 48.0 Å². The van der Waals surface area contributed by atoms with Crippen molar-refractivity contribution in [2.24, 2.45) is 5.41 Å². The van der Waals surface area contributed by atoms with E-state index in [1.807, 2.05) is 19.9 Å². The van der Waals surface area contributed by atoms with Gasteiger partial charge in [-0.05, 0) is 42.0 Å². The topological polar surface area (TPSA) is 82.4 Å². The van der Waals surface area contributed by atoms with Gasteiger partial charge in [0.2, 0.25) is 0 Å². The maximum atomic E-state index is 15.5. The van der Waals surface area contributed by atoms with Crippen LogP contribution in [0.2, 0.25) is 10.0 Å². The molecule has 0 aliphatic carbocycles. The summed E-state index contributed by atoms with van der Waals surface area (Å²) in [6.07, 6.45) is 2.96. The van der Waals surface area contributed by atoms with Gasteiger partial charge in [-0.2, -0.15) is 5.26 Å². The van der Waals surface area contributed by atoms with Gasteiger partial charge in [-0.1, -0.05) is 66.9 Å². The maximum Gasteiger partial charge on any atom is 0.321 e. The Morgan fingerprint density at radius 3 is 2.67 bits per heavy atom. The molecule has 0 amide bonds. The van der Waals surface area contributed by atoms with E-state index in [1.165, 1.54) is 30.3 Å². The Kier molecular flexibility index (Phi) is 7.45. The molecule has 0 saturated carbocycles. The Morgan fingerprint density at radius 1 is 1.31 bits per heavy atom. The van der Waals surface area contributed by atoms with E-state index in [1.54, 1.807) is 0 Å². The molecule has 2 aliphatic heterocycles. The Bertz CT molecular complexity index is 1260. The van der Waals surface area contributed by atoms with Gasteiger partial charge in [0.05, 0.1) is 24.3 Å². The number of aliphatic carboxylic acids is 1. The first-order valence-corrected chi connectivity index (χ1v) is 12.4. The Balaban J connectivity index is 1.96. The lowest BCUT2D eigenvalue weighted by Gasteiger charge is -2.39. The number of rotatable bonds is 6. The van der Waals surface area contributed by atoms with Crippen molar-refractivity contribution in [2.75, 3.05) is 13.2 Å². The number of ether oxygens (including phenoxy) is 1. The molecule has 0 spiro atoms. The highest BCUT2D eigenvalue weighted by Crippen LogP contribution is 2.53. The van der Waals surface area contributed by atoms with Crippen LogP contribution in [0.3, 0.4) is 0 Å². The third-order valence-corrected chi connectivity index (χ3v) is 7.97. The first-order valence-electron chi connectivity index (χ1n) is 11.6. The van der Waals surface area contributed by atoms with E-state index in [0.717, 1.165) is 11.6 Å². The summed E-state index contributed by atoms with van der Waals surface area (Å²) >= 11 is 12.1. The number of nitriles is 1. The molecule has 2 heterocycles. The fourth-order valence-electron chi connectivity index (χ4n) is 5.71. The molecule has 190 valence electrons. The molecule has 0 unspecified atom stereocenters. The molecule has 0 radical (unpaired) electrons. The van der Waals surface area contributed by atoms with Crippen molar-refractivity contribution in [1.82, 2.24) is 5.32 Å². The van der Waals surface area contributed by atoms with Crippen molar-refractivity contribution in [3.8, 4) is 6.07 Å². The van der Waals surface area contributed by atoms with Gasteiger partial charge in [-0.25, -0.2) is 8.78 Å². The summed E-state index contributed by atoms with van der Waals surface area (Å²) in [7, 11) is 0. The molecule has 2 N–H and O–H groups in total. The second-order valence-corrected chi connectivity index (χ2v) is 10.7. The summed E-state index contributed by atoms with van der Waals surface area (Å²) in [5, 5.41) is 23.9. The number of nitrogens with zero attached hydrogens (tertiary/aromatic N) is 1. The van der Waals surface area contributed by atoms with Gasteiger partial charge < -0.3 is 9.84 Å². The van der Waals surface area contributed by atoms with Crippen LogP contribution < -0.4 is 5.32 Å². The van der Waals surface area contributed by atoms with E-state index in [0.29, 0.717) is 19.6 Å². The quantitative estimate of drug-likeness (QED) is 0.443. The minimum absolute atomic E-state index is 0.0446. The monoisotopic (exact) mass is 534 g/mol. The molecular weight excluding hydrogens is 509 g/mol. The number of hydrogen-bond donors (Lipinski definition) is 2. The van der Waals surface area contributed by atoms with E-state index < -0.39 is 46.4 Å². The Labute approximate surface area is 218 Å². The fraction of sp³-hybridized carbons (Fsp3) is 0.407. The summed E-state index contributed by atoms with van der Waals surface area (Å²) in [4.78, 5) is 12.5. The van der Waals surface area contributed by atoms with Crippen LogP contribution in [-0.2, 0) is 14.9 Å². The molecule has 1 saturated heterocycles. The van der Waals surface area contributed by atoms with E-state index in [-0.39, 0.29) is 27.6 Å². The molecule has 5 nitrogen and oxygen atoms in total. The predicted molar refractivity (Wildman–Crippen MR) is 133 cm³/mol. The summed E-state index contributed by atoms with van der Waals surface area (Å²) in [6.45, 7) is 5.00. The van der Waals surface area contributed by atoms with E-state index in [2.05, 4.69) is 11.4 Å². The highest BCUT2D eigenvalue weighted by molar-refractivity contribution is 6.31. The molecule has 9 heteroatoms. The van der Waals surface area contributed by atoms with Crippen molar-refractivity contribution in [3.63, 3.8) is 0 Å². The van der Waals surface area contributed by atoms with Crippen molar-refractivity contribution < 1.29 is 23.4 Å². The van der Waals surface area contributed by atoms with E-state index >= 15 is 8.78 Å². The smallest absolute Gasteiger partial charge is 0.321 e. The van der Waals surface area contributed by atoms with Gasteiger partial charge in [0.15, 0.2) is 0 Å². The lowest BCUT2D eigenvalue weighted by Crippen LogP contribution is -2.45. The summed E-state index contributed by atoms with van der Waals surface area (Å²) in [5.74, 6) is -4.16. The number of hydrogen-bond acceptors (Lipinski definition) is 4. The second kappa shape index (κ2) is 10.1. The summed E-state index contributed by atoms with van der Waals surface area (Å²) < 4.78 is 36.4. The fourth-order valence-corrected chi connectivity index (χ4v) is 6.05. The lowest BCUT2D eigenvalue weighted by molar-refractivity contribution is -0.139. The number of halogens is 4. The first kappa shape index (κ1) is 26.6. The Hall–Kier alpha value is -2.50. The molecule has 2 aliphatic rings. The van der Waals surface area contributed by atoms with Gasteiger partial charge in [-0.3, -0.25) is 10.1 Å². The zero-order chi connectivity index (χ0) is 26.3. The van der Waals surface area contributed by atoms with Gasteiger partial charge in [0, 0.05) is 22.5 Å². The Morgan fingerprint density at radius 2 is 2.06 bits per heavy atom. The highest BCUT2D eigenvalue weighted by Gasteiger charge is 2.61. The van der Waals surface area contributed by atoms with Crippen molar-refractivity contribution in [1.29, 1.82) is 5.26 Å². The predicted octanol–water partition coefficient (Wildman–Crippen LogP) is 6.00. The zero-order valence-electron chi connectivity index (χ0n) is 19.8. The van der Waals surface area contributed by atoms with Crippen LogP contribution in [0, 0.1) is 28.4 Å². The van der Waals surface area contributed by atoms with Crippen molar-refractivity contribution >= 4 is 29.2 Å².